The van der Waals surface area contributed by atoms with Crippen molar-refractivity contribution in [2.75, 3.05) is 68.0 Å². The summed E-state index contributed by atoms with van der Waals surface area (Å²) in [6.45, 7) is 12.6. The summed E-state index contributed by atoms with van der Waals surface area (Å²) in [5.41, 5.74) is 11.7. The third kappa shape index (κ3) is 7.37. The van der Waals surface area contributed by atoms with Gasteiger partial charge in [0.05, 0.1) is 0 Å². The zero-order chi connectivity index (χ0) is 32.3. The summed E-state index contributed by atoms with van der Waals surface area (Å²) in [5, 5.41) is 7.00. The molecule has 1 saturated carbocycles. The van der Waals surface area contributed by atoms with Crippen LogP contribution in [0, 0.1) is 6.92 Å². The Morgan fingerprint density at radius 3 is 2.23 bits per heavy atom. The van der Waals surface area contributed by atoms with Crippen LogP contribution < -0.4 is 21.3 Å². The average Bonchev–Trinajstić information content (AvgIpc) is 3.95. The number of benzene rings is 1. The Morgan fingerprint density at radius 1 is 0.894 bits per heavy atom. The molecule has 3 aromatic rings. The van der Waals surface area contributed by atoms with Crippen molar-refractivity contribution < 1.29 is 9.53 Å². The fourth-order valence-corrected chi connectivity index (χ4v) is 7.50. The van der Waals surface area contributed by atoms with Gasteiger partial charge in [-0.2, -0.15) is 0 Å². The van der Waals surface area contributed by atoms with E-state index in [1.54, 1.807) is 6.20 Å². The van der Waals surface area contributed by atoms with E-state index in [0.717, 1.165) is 55.3 Å². The highest BCUT2D eigenvalue weighted by molar-refractivity contribution is 5.97. The predicted molar refractivity (Wildman–Crippen MR) is 186 cm³/mol. The molecule has 47 heavy (non-hydrogen) atoms. The summed E-state index contributed by atoms with van der Waals surface area (Å²) >= 11 is 0. The summed E-state index contributed by atoms with van der Waals surface area (Å²) in [4.78, 5) is 34.9. The van der Waals surface area contributed by atoms with Crippen molar-refractivity contribution in [1.29, 1.82) is 0 Å². The number of anilines is 4. The van der Waals surface area contributed by atoms with Crippen LogP contribution in [0.5, 0.6) is 0 Å². The van der Waals surface area contributed by atoms with E-state index in [1.165, 1.54) is 63.1 Å². The fourth-order valence-electron chi connectivity index (χ4n) is 7.50. The van der Waals surface area contributed by atoms with Crippen LogP contribution in [-0.4, -0.2) is 101 Å². The number of nitrogens with two attached hydrogens (primary N) is 1. The van der Waals surface area contributed by atoms with Gasteiger partial charge in [0.15, 0.2) is 17.3 Å². The van der Waals surface area contributed by atoms with Crippen molar-refractivity contribution in [1.82, 2.24) is 24.8 Å². The van der Waals surface area contributed by atoms with Crippen LogP contribution in [0.1, 0.15) is 67.2 Å². The summed E-state index contributed by atoms with van der Waals surface area (Å²) in [6.07, 6.45) is 9.59. The van der Waals surface area contributed by atoms with Gasteiger partial charge in [-0.15, -0.1) is 0 Å². The molecule has 250 valence electrons. The second kappa shape index (κ2) is 14.1. The minimum atomic E-state index is -0.631. The number of rotatable bonds is 10. The molecular formula is C36H49N9O2. The van der Waals surface area contributed by atoms with E-state index in [1.807, 2.05) is 19.1 Å². The molecule has 0 atom stereocenters. The van der Waals surface area contributed by atoms with E-state index >= 15 is 0 Å². The van der Waals surface area contributed by atoms with Crippen LogP contribution in [-0.2, 0) is 11.2 Å². The van der Waals surface area contributed by atoms with Crippen LogP contribution in [0.4, 0.5) is 23.0 Å². The molecule has 3 aliphatic heterocycles. The van der Waals surface area contributed by atoms with Crippen molar-refractivity contribution >= 4 is 28.9 Å². The largest absolute Gasteiger partial charge is 0.381 e. The number of piperidine rings is 1. The van der Waals surface area contributed by atoms with Crippen LogP contribution in [0.25, 0.3) is 11.3 Å². The van der Waals surface area contributed by atoms with Gasteiger partial charge in [-0.05, 0) is 87.8 Å². The first-order chi connectivity index (χ1) is 22.9. The SMILES string of the molecule is CCc1cc(Nc2nc(NC3CCOCC3)c(-c3ccnc(C)c3)nc2C(N)=O)ccc1N1CCC(N2CCN(C3CC3)CC2)CC1. The molecule has 1 amide bonds. The number of carbonyl (C=O) groups excluding carboxylic acids is 1. The molecule has 3 saturated heterocycles. The molecule has 1 aliphatic carbocycles. The van der Waals surface area contributed by atoms with Gasteiger partial charge < -0.3 is 26.0 Å². The number of piperazine rings is 1. The lowest BCUT2D eigenvalue weighted by Crippen LogP contribution is -2.53. The van der Waals surface area contributed by atoms with E-state index < -0.39 is 5.91 Å². The zero-order valence-electron chi connectivity index (χ0n) is 27.9. The Hall–Kier alpha value is -3.80. The number of nitrogens with one attached hydrogen (secondary N) is 2. The quantitative estimate of drug-likeness (QED) is 0.290. The molecule has 11 nitrogen and oxygen atoms in total. The molecule has 4 fully saturated rings. The Kier molecular flexibility index (Phi) is 9.55. The third-order valence-electron chi connectivity index (χ3n) is 10.3. The Balaban J connectivity index is 1.09. The highest BCUT2D eigenvalue weighted by atomic mass is 16.5. The van der Waals surface area contributed by atoms with Gasteiger partial charge in [0.2, 0.25) is 0 Å². The smallest absolute Gasteiger partial charge is 0.271 e. The van der Waals surface area contributed by atoms with Crippen LogP contribution >= 0.6 is 0 Å². The van der Waals surface area contributed by atoms with E-state index in [9.17, 15) is 4.79 Å². The van der Waals surface area contributed by atoms with E-state index in [0.29, 0.717) is 36.6 Å². The molecule has 1 aromatic carbocycles. The van der Waals surface area contributed by atoms with Crippen LogP contribution in [0.15, 0.2) is 36.5 Å². The summed E-state index contributed by atoms with van der Waals surface area (Å²) in [6, 6.07) is 12.1. The lowest BCUT2D eigenvalue weighted by molar-refractivity contribution is 0.0809. The Morgan fingerprint density at radius 2 is 1.60 bits per heavy atom. The first kappa shape index (κ1) is 31.8. The van der Waals surface area contributed by atoms with E-state index in [-0.39, 0.29) is 11.7 Å². The predicted octanol–water partition coefficient (Wildman–Crippen LogP) is 4.59. The number of aryl methyl sites for hydroxylation is 2. The van der Waals surface area contributed by atoms with Gasteiger partial charge in [-0.25, -0.2) is 9.97 Å². The van der Waals surface area contributed by atoms with Crippen molar-refractivity contribution in [3.05, 3.63) is 53.5 Å². The number of hydrogen-bond acceptors (Lipinski definition) is 10. The number of aromatic nitrogens is 3. The van der Waals surface area contributed by atoms with Crippen molar-refractivity contribution in [3.8, 4) is 11.3 Å². The van der Waals surface area contributed by atoms with Crippen molar-refractivity contribution in [2.45, 2.75) is 76.9 Å². The van der Waals surface area contributed by atoms with Gasteiger partial charge >= 0.3 is 0 Å². The maximum absolute atomic E-state index is 12.8. The maximum atomic E-state index is 12.8. The van der Waals surface area contributed by atoms with Crippen LogP contribution in [0.3, 0.4) is 0 Å². The molecular weight excluding hydrogens is 590 g/mol. The molecule has 5 heterocycles. The molecule has 4 N–H and O–H groups in total. The van der Waals surface area contributed by atoms with Gasteiger partial charge in [0.1, 0.15) is 5.69 Å². The Bertz CT molecular complexity index is 1560. The lowest BCUT2D eigenvalue weighted by atomic mass is 9.99. The molecule has 11 heteroatoms. The molecule has 2 aromatic heterocycles. The minimum Gasteiger partial charge on any atom is -0.381 e. The van der Waals surface area contributed by atoms with Gasteiger partial charge in [0, 0.05) is 99.4 Å². The lowest BCUT2D eigenvalue weighted by Gasteiger charge is -2.43. The second-order valence-corrected chi connectivity index (χ2v) is 13.5. The number of amides is 1. The molecule has 0 spiro atoms. The molecule has 0 bridgehead atoms. The number of nitrogens with zero attached hydrogens (tertiary/aromatic N) is 6. The summed E-state index contributed by atoms with van der Waals surface area (Å²) < 4.78 is 5.58. The molecule has 7 rings (SSSR count). The normalized spacial score (nSPS) is 20.3. The molecule has 4 aliphatic rings. The molecule has 0 radical (unpaired) electrons. The number of ether oxygens (including phenoxy) is 1. The topological polar surface area (TPSA) is 125 Å². The van der Waals surface area contributed by atoms with E-state index in [4.69, 9.17) is 20.4 Å². The summed E-state index contributed by atoms with van der Waals surface area (Å²) in [7, 11) is 0. The fraction of sp³-hybridized carbons (Fsp3) is 0.556. The van der Waals surface area contributed by atoms with Crippen LogP contribution in [0.2, 0.25) is 0 Å². The highest BCUT2D eigenvalue weighted by Gasteiger charge is 2.34. The Labute approximate surface area is 278 Å². The number of pyridine rings is 1. The van der Waals surface area contributed by atoms with E-state index in [2.05, 4.69) is 55.4 Å². The number of hydrogen-bond donors (Lipinski definition) is 3. The van der Waals surface area contributed by atoms with Gasteiger partial charge in [0.25, 0.3) is 5.91 Å². The maximum Gasteiger partial charge on any atom is 0.271 e. The highest BCUT2D eigenvalue weighted by Crippen LogP contribution is 2.34. The molecule has 0 unspecified atom stereocenters. The first-order valence-corrected chi connectivity index (χ1v) is 17.6. The van der Waals surface area contributed by atoms with Crippen molar-refractivity contribution in [2.24, 2.45) is 5.73 Å². The zero-order valence-corrected chi connectivity index (χ0v) is 27.9. The number of primary amides is 1. The third-order valence-corrected chi connectivity index (χ3v) is 10.3. The van der Waals surface area contributed by atoms with Gasteiger partial charge in [-0.1, -0.05) is 6.92 Å². The monoisotopic (exact) mass is 639 g/mol. The second-order valence-electron chi connectivity index (χ2n) is 13.5. The summed E-state index contributed by atoms with van der Waals surface area (Å²) in [5.74, 6) is 0.326. The first-order valence-electron chi connectivity index (χ1n) is 17.6. The average molecular weight is 640 g/mol. The standard InChI is InChI=1S/C36H49N9O2/c1-3-25-23-28(4-7-31(25)45-14-9-30(10-15-45)44-18-16-43(17-19-44)29-5-6-29)40-36-33(34(37)46)41-32(26-8-13-38-24(2)22-26)35(42-36)39-27-11-20-47-21-12-27/h4,7-8,13,22-23,27,29-30H,3,5-6,9-12,14-21H2,1-2H3,(H2,37,46)(H2,39,40,42). The van der Waals surface area contributed by atoms with Gasteiger partial charge in [-0.3, -0.25) is 19.6 Å². The minimum absolute atomic E-state index is 0.106. The van der Waals surface area contributed by atoms with Crippen molar-refractivity contribution in [3.63, 3.8) is 0 Å². The number of carbonyl (C=O) groups is 1.